The van der Waals surface area contributed by atoms with Crippen molar-refractivity contribution in [3.8, 4) is 11.5 Å². The molecular weight excluding hydrogens is 528 g/mol. The van der Waals surface area contributed by atoms with Crippen molar-refractivity contribution in [2.45, 2.75) is 13.0 Å². The maximum absolute atomic E-state index is 13.8. The van der Waals surface area contributed by atoms with Crippen LogP contribution in [0.4, 0.5) is 4.79 Å². The van der Waals surface area contributed by atoms with Gasteiger partial charge in [0.2, 0.25) is 0 Å². The Bertz CT molecular complexity index is 1320. The van der Waals surface area contributed by atoms with Crippen LogP contribution in [0.25, 0.3) is 5.70 Å². The highest BCUT2D eigenvalue weighted by atomic mass is 79.9. The average molecular weight is 551 g/mol. The Morgan fingerprint density at radius 1 is 1.00 bits per heavy atom. The molecule has 0 bridgehead atoms. The number of aliphatic carboxylic acids is 1. The molecule has 3 N–H and O–H groups in total. The van der Waals surface area contributed by atoms with Gasteiger partial charge in [0.05, 0.1) is 28.4 Å². The summed E-state index contributed by atoms with van der Waals surface area (Å²) >= 11 is 3.43. The number of ketones is 1. The fraction of sp³-hybridized carbons (Fsp3) is 0.148. The molecule has 0 saturated heterocycles. The lowest BCUT2D eigenvalue weighted by molar-refractivity contribution is -0.139. The fourth-order valence-electron chi connectivity index (χ4n) is 3.93. The predicted molar refractivity (Wildman–Crippen MR) is 137 cm³/mol. The first-order valence-corrected chi connectivity index (χ1v) is 12.0. The van der Waals surface area contributed by atoms with E-state index in [1.54, 1.807) is 43.3 Å². The lowest BCUT2D eigenvalue weighted by atomic mass is 9.87. The van der Waals surface area contributed by atoms with Crippen molar-refractivity contribution in [1.82, 2.24) is 10.6 Å². The number of halogens is 1. The summed E-state index contributed by atoms with van der Waals surface area (Å²) in [5.41, 5.74) is 2.45. The second-order valence-electron chi connectivity index (χ2n) is 7.83. The monoisotopic (exact) mass is 550 g/mol. The zero-order chi connectivity index (χ0) is 25.7. The van der Waals surface area contributed by atoms with Crippen molar-refractivity contribution in [3.05, 3.63) is 99.5 Å². The van der Waals surface area contributed by atoms with Crippen molar-refractivity contribution < 1.29 is 29.0 Å². The zero-order valence-corrected chi connectivity index (χ0v) is 20.9. The number of amides is 2. The van der Waals surface area contributed by atoms with Gasteiger partial charge < -0.3 is 25.2 Å². The standard InChI is InChI=1S/C27H23BrN2O6/c1-2-35-20-14-18(13-19(28)26(20)36-15-21(31)32)24-22(25(33)17-11-7-4-8-12-17)23(29-27(34)30-24)16-9-5-3-6-10-16/h3-14,24H,2,15H2,1H3,(H,31,32)(H2,29,30,34)/t24-/m1/s1. The van der Waals surface area contributed by atoms with Crippen LogP contribution in [0.15, 0.2) is 82.8 Å². The molecule has 184 valence electrons. The van der Waals surface area contributed by atoms with E-state index in [-0.39, 0.29) is 17.3 Å². The van der Waals surface area contributed by atoms with E-state index in [4.69, 9.17) is 14.6 Å². The number of urea groups is 1. The Balaban J connectivity index is 1.90. The third-order valence-corrected chi connectivity index (χ3v) is 6.01. The number of rotatable bonds is 9. The Hall–Kier alpha value is -4.11. The summed E-state index contributed by atoms with van der Waals surface area (Å²) in [6.07, 6.45) is 0. The number of Topliss-reactive ketones (excluding diaryl/α,β-unsaturated/α-hetero) is 1. The third-order valence-electron chi connectivity index (χ3n) is 5.42. The van der Waals surface area contributed by atoms with Gasteiger partial charge in [0.1, 0.15) is 0 Å². The summed E-state index contributed by atoms with van der Waals surface area (Å²) in [5.74, 6) is -0.896. The molecule has 0 radical (unpaired) electrons. The molecule has 1 atom stereocenters. The molecule has 9 heteroatoms. The molecule has 0 aromatic heterocycles. The van der Waals surface area contributed by atoms with Crippen LogP contribution in [0, 0.1) is 0 Å². The molecule has 0 unspecified atom stereocenters. The summed E-state index contributed by atoms with van der Waals surface area (Å²) < 4.78 is 11.6. The number of ether oxygens (including phenoxy) is 2. The number of carboxylic acid groups (broad SMARTS) is 1. The Kier molecular flexibility index (Phi) is 7.70. The lowest BCUT2D eigenvalue weighted by Crippen LogP contribution is -2.45. The number of carboxylic acids is 1. The van der Waals surface area contributed by atoms with Gasteiger partial charge in [-0.2, -0.15) is 0 Å². The predicted octanol–water partition coefficient (Wildman–Crippen LogP) is 4.96. The number of nitrogens with one attached hydrogen (secondary N) is 2. The molecule has 0 spiro atoms. The van der Waals surface area contributed by atoms with Gasteiger partial charge in [-0.1, -0.05) is 60.7 Å². The van der Waals surface area contributed by atoms with E-state index in [0.717, 1.165) is 0 Å². The molecule has 4 rings (SSSR count). The topological polar surface area (TPSA) is 114 Å². The van der Waals surface area contributed by atoms with Gasteiger partial charge in [0.15, 0.2) is 23.9 Å². The van der Waals surface area contributed by atoms with Crippen LogP contribution < -0.4 is 20.1 Å². The molecule has 0 aliphatic carbocycles. The summed E-state index contributed by atoms with van der Waals surface area (Å²) in [6.45, 7) is 1.52. The summed E-state index contributed by atoms with van der Waals surface area (Å²) in [7, 11) is 0. The zero-order valence-electron chi connectivity index (χ0n) is 19.3. The number of carbonyl (C=O) groups excluding carboxylic acids is 2. The lowest BCUT2D eigenvalue weighted by Gasteiger charge is -2.30. The second kappa shape index (κ2) is 11.1. The molecule has 0 saturated carbocycles. The highest BCUT2D eigenvalue weighted by Crippen LogP contribution is 2.41. The highest BCUT2D eigenvalue weighted by Gasteiger charge is 2.34. The molecule has 1 aliphatic rings. The first kappa shape index (κ1) is 25.0. The number of hydrogen-bond donors (Lipinski definition) is 3. The maximum Gasteiger partial charge on any atom is 0.341 e. The molecule has 8 nitrogen and oxygen atoms in total. The van der Waals surface area contributed by atoms with Crippen LogP contribution in [0.5, 0.6) is 11.5 Å². The van der Waals surface area contributed by atoms with Gasteiger partial charge in [-0.15, -0.1) is 0 Å². The van der Waals surface area contributed by atoms with Gasteiger partial charge in [0.25, 0.3) is 0 Å². The summed E-state index contributed by atoms with van der Waals surface area (Å²) in [5, 5.41) is 14.7. The van der Waals surface area contributed by atoms with Gasteiger partial charge in [-0.05, 0) is 46.1 Å². The van der Waals surface area contributed by atoms with Crippen molar-refractivity contribution in [3.63, 3.8) is 0 Å². The molecule has 2 amide bonds. The third kappa shape index (κ3) is 5.41. The SMILES string of the molecule is CCOc1cc([C@H]2NC(=O)NC(c3ccccc3)=C2C(=O)c2ccccc2)cc(Br)c1OCC(=O)O. The molecule has 3 aromatic rings. The van der Waals surface area contributed by atoms with Crippen LogP contribution in [-0.2, 0) is 4.79 Å². The first-order chi connectivity index (χ1) is 17.4. The van der Waals surface area contributed by atoms with E-state index in [1.807, 2.05) is 36.4 Å². The van der Waals surface area contributed by atoms with Gasteiger partial charge in [-0.25, -0.2) is 9.59 Å². The smallest absolute Gasteiger partial charge is 0.341 e. The van der Waals surface area contributed by atoms with Crippen LogP contribution in [-0.4, -0.2) is 36.1 Å². The minimum absolute atomic E-state index is 0.214. The van der Waals surface area contributed by atoms with Gasteiger partial charge >= 0.3 is 12.0 Å². The number of hydrogen-bond acceptors (Lipinski definition) is 5. The van der Waals surface area contributed by atoms with Gasteiger partial charge in [-0.3, -0.25) is 4.79 Å². The number of benzene rings is 3. The van der Waals surface area contributed by atoms with Gasteiger partial charge in [0, 0.05) is 5.56 Å². The minimum Gasteiger partial charge on any atom is -0.490 e. The van der Waals surface area contributed by atoms with E-state index in [2.05, 4.69) is 26.6 Å². The van der Waals surface area contributed by atoms with E-state index >= 15 is 0 Å². The molecule has 1 aliphatic heterocycles. The van der Waals surface area contributed by atoms with Crippen LogP contribution >= 0.6 is 15.9 Å². The minimum atomic E-state index is -1.13. The van der Waals surface area contributed by atoms with E-state index in [9.17, 15) is 14.4 Å². The van der Waals surface area contributed by atoms with E-state index in [1.165, 1.54) is 0 Å². The Labute approximate surface area is 216 Å². The van der Waals surface area contributed by atoms with Crippen molar-refractivity contribution in [2.24, 2.45) is 0 Å². The van der Waals surface area contributed by atoms with Crippen LogP contribution in [0.1, 0.15) is 34.5 Å². The average Bonchev–Trinajstić information content (AvgIpc) is 2.88. The van der Waals surface area contributed by atoms with Crippen molar-refractivity contribution in [1.29, 1.82) is 0 Å². The Morgan fingerprint density at radius 2 is 1.67 bits per heavy atom. The molecular formula is C27H23BrN2O6. The first-order valence-electron chi connectivity index (χ1n) is 11.2. The largest absolute Gasteiger partial charge is 0.490 e. The molecule has 36 heavy (non-hydrogen) atoms. The van der Waals surface area contributed by atoms with Crippen LogP contribution in [0.2, 0.25) is 0 Å². The summed E-state index contributed by atoms with van der Waals surface area (Å²) in [6, 6.07) is 20.0. The number of carbonyl (C=O) groups is 3. The molecule has 3 aromatic carbocycles. The van der Waals surface area contributed by atoms with Crippen LogP contribution in [0.3, 0.4) is 0 Å². The molecule has 0 fully saturated rings. The quantitative estimate of drug-likeness (QED) is 0.324. The second-order valence-corrected chi connectivity index (χ2v) is 8.68. The normalized spacial score (nSPS) is 15.1. The van der Waals surface area contributed by atoms with Crippen molar-refractivity contribution in [2.75, 3.05) is 13.2 Å². The maximum atomic E-state index is 13.8. The highest BCUT2D eigenvalue weighted by molar-refractivity contribution is 9.10. The van der Waals surface area contributed by atoms with E-state index < -0.39 is 24.6 Å². The fourth-order valence-corrected chi connectivity index (χ4v) is 4.50. The summed E-state index contributed by atoms with van der Waals surface area (Å²) in [4.78, 5) is 37.7. The van der Waals surface area contributed by atoms with Crippen molar-refractivity contribution >= 4 is 39.4 Å². The molecule has 1 heterocycles. The Morgan fingerprint density at radius 3 is 2.31 bits per heavy atom. The van der Waals surface area contributed by atoms with E-state index in [0.29, 0.717) is 39.0 Å².